The standard InChI is InChI=1S/C10H14N4OS/c1-6-2-7-3-11-4-9(7)14(6)10(15)8-5-16-13-12-8/h5-7,9,11H,2-4H2,1H3. The summed E-state index contributed by atoms with van der Waals surface area (Å²) in [6.07, 6.45) is 1.10. The van der Waals surface area contributed by atoms with Crippen molar-refractivity contribution in [2.45, 2.75) is 25.4 Å². The zero-order valence-electron chi connectivity index (χ0n) is 9.09. The highest BCUT2D eigenvalue weighted by Crippen LogP contribution is 2.33. The first-order chi connectivity index (χ1) is 7.77. The Labute approximate surface area is 98.0 Å². The maximum atomic E-state index is 12.3. The van der Waals surface area contributed by atoms with E-state index >= 15 is 0 Å². The molecular weight excluding hydrogens is 224 g/mol. The lowest BCUT2D eigenvalue weighted by molar-refractivity contribution is 0.0676. The van der Waals surface area contributed by atoms with E-state index in [9.17, 15) is 4.79 Å². The van der Waals surface area contributed by atoms with E-state index in [0.29, 0.717) is 23.7 Å². The molecule has 0 spiro atoms. The van der Waals surface area contributed by atoms with E-state index in [1.54, 1.807) is 5.38 Å². The minimum Gasteiger partial charge on any atom is -0.330 e. The number of aromatic nitrogens is 2. The van der Waals surface area contributed by atoms with Gasteiger partial charge in [0, 0.05) is 30.6 Å². The summed E-state index contributed by atoms with van der Waals surface area (Å²) in [6, 6.07) is 0.676. The minimum absolute atomic E-state index is 0.0393. The Bertz CT molecular complexity index is 394. The number of nitrogens with one attached hydrogen (secondary N) is 1. The molecule has 2 fully saturated rings. The highest BCUT2D eigenvalue weighted by Gasteiger charge is 2.44. The molecule has 2 aliphatic heterocycles. The molecule has 3 rings (SSSR count). The predicted molar refractivity (Wildman–Crippen MR) is 60.3 cm³/mol. The lowest BCUT2D eigenvalue weighted by Crippen LogP contribution is -2.42. The minimum atomic E-state index is 0.0393. The Balaban J connectivity index is 1.86. The second-order valence-corrected chi connectivity index (χ2v) is 5.18. The molecule has 3 heterocycles. The molecular formula is C10H14N4OS. The van der Waals surface area contributed by atoms with Crippen LogP contribution in [0.5, 0.6) is 0 Å². The number of rotatable bonds is 1. The summed E-state index contributed by atoms with van der Waals surface area (Å²) in [5.74, 6) is 0.656. The van der Waals surface area contributed by atoms with Gasteiger partial charge in [0.15, 0.2) is 5.69 Å². The summed E-state index contributed by atoms with van der Waals surface area (Å²) in [6.45, 7) is 4.07. The molecule has 0 aliphatic carbocycles. The Morgan fingerprint density at radius 3 is 3.25 bits per heavy atom. The number of likely N-dealkylation sites (tertiary alicyclic amines) is 1. The second-order valence-electron chi connectivity index (χ2n) is 4.57. The smallest absolute Gasteiger partial charge is 0.275 e. The van der Waals surface area contributed by atoms with E-state index in [1.807, 2.05) is 4.90 Å². The van der Waals surface area contributed by atoms with Crippen molar-refractivity contribution < 1.29 is 4.79 Å². The lowest BCUT2D eigenvalue weighted by Gasteiger charge is -2.26. The summed E-state index contributed by atoms with van der Waals surface area (Å²) >= 11 is 1.23. The summed E-state index contributed by atoms with van der Waals surface area (Å²) in [5, 5.41) is 8.94. The third-order valence-electron chi connectivity index (χ3n) is 3.59. The molecule has 0 bridgehead atoms. The molecule has 86 valence electrons. The van der Waals surface area contributed by atoms with Crippen LogP contribution in [0.1, 0.15) is 23.8 Å². The number of carbonyl (C=O) groups is 1. The predicted octanol–water partition coefficient (Wildman–Crippen LogP) is 0.360. The number of carbonyl (C=O) groups excluding carboxylic acids is 1. The van der Waals surface area contributed by atoms with Crippen LogP contribution in [0.2, 0.25) is 0 Å². The van der Waals surface area contributed by atoms with Crippen LogP contribution in [0.25, 0.3) is 0 Å². The Morgan fingerprint density at radius 1 is 1.62 bits per heavy atom. The average molecular weight is 238 g/mol. The first-order valence-corrected chi connectivity index (χ1v) is 6.41. The Morgan fingerprint density at radius 2 is 2.50 bits per heavy atom. The largest absolute Gasteiger partial charge is 0.330 e. The molecule has 1 N–H and O–H groups in total. The average Bonchev–Trinajstić information content (AvgIpc) is 2.89. The number of amides is 1. The third-order valence-corrected chi connectivity index (χ3v) is 4.10. The van der Waals surface area contributed by atoms with Gasteiger partial charge in [-0.2, -0.15) is 0 Å². The highest BCUT2D eigenvalue weighted by atomic mass is 32.1. The van der Waals surface area contributed by atoms with Crippen LogP contribution in [0.3, 0.4) is 0 Å². The van der Waals surface area contributed by atoms with Crippen LogP contribution in [0.4, 0.5) is 0 Å². The Hall–Kier alpha value is -1.01. The van der Waals surface area contributed by atoms with Crippen molar-refractivity contribution in [3.05, 3.63) is 11.1 Å². The summed E-state index contributed by atoms with van der Waals surface area (Å²) in [5.41, 5.74) is 0.490. The van der Waals surface area contributed by atoms with Gasteiger partial charge in [0.2, 0.25) is 0 Å². The summed E-state index contributed by atoms with van der Waals surface area (Å²) in [4.78, 5) is 14.3. The molecule has 2 aliphatic rings. The van der Waals surface area contributed by atoms with Crippen LogP contribution in [-0.4, -0.2) is 45.6 Å². The van der Waals surface area contributed by atoms with Crippen molar-refractivity contribution in [3.63, 3.8) is 0 Å². The molecule has 0 radical (unpaired) electrons. The quantitative estimate of drug-likeness (QED) is 0.767. The molecule has 16 heavy (non-hydrogen) atoms. The number of hydrogen-bond acceptors (Lipinski definition) is 5. The lowest BCUT2D eigenvalue weighted by atomic mass is 10.0. The summed E-state index contributed by atoms with van der Waals surface area (Å²) in [7, 11) is 0. The monoisotopic (exact) mass is 238 g/mol. The second kappa shape index (κ2) is 3.78. The molecule has 6 heteroatoms. The maximum Gasteiger partial charge on any atom is 0.275 e. The van der Waals surface area contributed by atoms with Gasteiger partial charge in [-0.05, 0) is 30.8 Å². The molecule has 3 unspecified atom stereocenters. The normalized spacial score (nSPS) is 33.1. The van der Waals surface area contributed by atoms with Gasteiger partial charge < -0.3 is 10.2 Å². The van der Waals surface area contributed by atoms with Crippen LogP contribution < -0.4 is 5.32 Å². The van der Waals surface area contributed by atoms with Crippen LogP contribution in [-0.2, 0) is 0 Å². The van der Waals surface area contributed by atoms with Crippen molar-refractivity contribution in [2.24, 2.45) is 5.92 Å². The van der Waals surface area contributed by atoms with Gasteiger partial charge in [-0.15, -0.1) is 5.10 Å². The van der Waals surface area contributed by atoms with Crippen molar-refractivity contribution in [1.82, 2.24) is 19.8 Å². The molecule has 2 saturated heterocycles. The van der Waals surface area contributed by atoms with E-state index in [4.69, 9.17) is 0 Å². The first-order valence-electron chi connectivity index (χ1n) is 5.58. The molecule has 1 amide bonds. The SMILES string of the molecule is CC1CC2CNCC2N1C(=O)c1csnn1. The van der Waals surface area contributed by atoms with Gasteiger partial charge in [-0.3, -0.25) is 4.79 Å². The van der Waals surface area contributed by atoms with E-state index in [-0.39, 0.29) is 5.91 Å². The third kappa shape index (κ3) is 1.44. The molecule has 1 aromatic rings. The molecule has 0 aromatic carbocycles. The van der Waals surface area contributed by atoms with Gasteiger partial charge in [0.05, 0.1) is 0 Å². The molecule has 5 nitrogen and oxygen atoms in total. The topological polar surface area (TPSA) is 58.1 Å². The van der Waals surface area contributed by atoms with Crippen molar-refractivity contribution >= 4 is 17.4 Å². The van der Waals surface area contributed by atoms with Crippen molar-refractivity contribution in [1.29, 1.82) is 0 Å². The van der Waals surface area contributed by atoms with E-state index < -0.39 is 0 Å². The maximum absolute atomic E-state index is 12.3. The fraction of sp³-hybridized carbons (Fsp3) is 0.700. The van der Waals surface area contributed by atoms with Gasteiger partial charge in [0.1, 0.15) is 0 Å². The zero-order chi connectivity index (χ0) is 11.1. The zero-order valence-corrected chi connectivity index (χ0v) is 9.91. The number of nitrogens with zero attached hydrogens (tertiary/aromatic N) is 3. The number of fused-ring (bicyclic) bond motifs is 1. The highest BCUT2D eigenvalue weighted by molar-refractivity contribution is 7.03. The molecule has 3 atom stereocenters. The van der Waals surface area contributed by atoms with Gasteiger partial charge in [-0.1, -0.05) is 4.49 Å². The van der Waals surface area contributed by atoms with Gasteiger partial charge >= 0.3 is 0 Å². The Kier molecular flexibility index (Phi) is 2.40. The van der Waals surface area contributed by atoms with Gasteiger partial charge in [0.25, 0.3) is 5.91 Å². The summed E-state index contributed by atoms with van der Waals surface area (Å²) < 4.78 is 3.75. The fourth-order valence-electron chi connectivity index (χ4n) is 2.90. The van der Waals surface area contributed by atoms with E-state index in [2.05, 4.69) is 21.8 Å². The van der Waals surface area contributed by atoms with Gasteiger partial charge in [-0.25, -0.2) is 0 Å². The van der Waals surface area contributed by atoms with E-state index in [0.717, 1.165) is 19.5 Å². The first kappa shape index (κ1) is 10.2. The molecule has 1 aromatic heterocycles. The van der Waals surface area contributed by atoms with Crippen LogP contribution in [0, 0.1) is 5.92 Å². The molecule has 0 saturated carbocycles. The van der Waals surface area contributed by atoms with Crippen LogP contribution >= 0.6 is 11.5 Å². The number of hydrogen-bond donors (Lipinski definition) is 1. The van der Waals surface area contributed by atoms with E-state index in [1.165, 1.54) is 11.5 Å². The van der Waals surface area contributed by atoms with Crippen molar-refractivity contribution in [2.75, 3.05) is 13.1 Å². The van der Waals surface area contributed by atoms with Crippen LogP contribution in [0.15, 0.2) is 5.38 Å². The fourth-order valence-corrected chi connectivity index (χ4v) is 3.33. The van der Waals surface area contributed by atoms with Crippen molar-refractivity contribution in [3.8, 4) is 0 Å².